The van der Waals surface area contributed by atoms with Crippen LogP contribution >= 0.6 is 0 Å². The molecule has 28 heavy (non-hydrogen) atoms. The second-order valence-electron chi connectivity index (χ2n) is 7.08. The summed E-state index contributed by atoms with van der Waals surface area (Å²) in [6.45, 7) is 2.11. The van der Waals surface area contributed by atoms with Crippen molar-refractivity contribution in [3.63, 3.8) is 0 Å². The SMILES string of the molecule is CCc1cn(-c2cc[n+](Nc3cccc(-c4nncn4C4CC4)c3)cc2)cn1. The summed E-state index contributed by atoms with van der Waals surface area (Å²) in [4.78, 5) is 4.39. The summed E-state index contributed by atoms with van der Waals surface area (Å²) in [5.74, 6) is 0.929. The maximum absolute atomic E-state index is 4.39. The number of hydrogen-bond acceptors (Lipinski definition) is 4. The lowest BCUT2D eigenvalue weighted by Gasteiger charge is -2.07. The lowest BCUT2D eigenvalue weighted by molar-refractivity contribution is -0.642. The molecule has 1 aromatic carbocycles. The normalized spacial score (nSPS) is 13.6. The maximum atomic E-state index is 4.39. The first-order valence-electron chi connectivity index (χ1n) is 9.61. The molecule has 0 atom stereocenters. The highest BCUT2D eigenvalue weighted by molar-refractivity contribution is 5.62. The van der Waals surface area contributed by atoms with E-state index in [2.05, 4.69) is 62.6 Å². The van der Waals surface area contributed by atoms with Gasteiger partial charge in [0.1, 0.15) is 6.33 Å². The zero-order chi connectivity index (χ0) is 18.9. The van der Waals surface area contributed by atoms with Crippen LogP contribution in [0.1, 0.15) is 31.5 Å². The summed E-state index contributed by atoms with van der Waals surface area (Å²) < 4.78 is 6.15. The minimum absolute atomic E-state index is 0.555. The molecule has 0 radical (unpaired) electrons. The predicted octanol–water partition coefficient (Wildman–Crippen LogP) is 3.19. The summed E-state index contributed by atoms with van der Waals surface area (Å²) in [5, 5.41) is 8.42. The Hall–Kier alpha value is -3.48. The minimum atomic E-state index is 0.555. The molecule has 0 bridgehead atoms. The van der Waals surface area contributed by atoms with Gasteiger partial charge in [-0.2, -0.15) is 5.43 Å². The fourth-order valence-corrected chi connectivity index (χ4v) is 3.30. The van der Waals surface area contributed by atoms with Gasteiger partial charge in [0.2, 0.25) is 12.4 Å². The smallest absolute Gasteiger partial charge is 0.201 e. The average molecular weight is 372 g/mol. The fraction of sp³-hybridized carbons (Fsp3) is 0.238. The molecule has 7 nitrogen and oxygen atoms in total. The topological polar surface area (TPSA) is 64.4 Å². The summed E-state index contributed by atoms with van der Waals surface area (Å²) in [5.41, 5.74) is 7.63. The van der Waals surface area contributed by atoms with Gasteiger partial charge < -0.3 is 9.13 Å². The highest BCUT2D eigenvalue weighted by Gasteiger charge is 2.26. The van der Waals surface area contributed by atoms with E-state index in [1.807, 2.05) is 46.4 Å². The van der Waals surface area contributed by atoms with Crippen LogP contribution in [0.15, 0.2) is 67.6 Å². The summed E-state index contributed by atoms with van der Waals surface area (Å²) >= 11 is 0. The average Bonchev–Trinajstić information content (AvgIpc) is 3.26. The van der Waals surface area contributed by atoms with Crippen molar-refractivity contribution in [3.05, 3.63) is 73.3 Å². The van der Waals surface area contributed by atoms with Crippen LogP contribution in [0.5, 0.6) is 0 Å². The number of aryl methyl sites for hydroxylation is 1. The summed E-state index contributed by atoms with van der Waals surface area (Å²) in [6.07, 6.45) is 13.1. The molecule has 3 heterocycles. The number of hydrogen-bond donors (Lipinski definition) is 1. The molecule has 5 rings (SSSR count). The van der Waals surface area contributed by atoms with E-state index in [4.69, 9.17) is 0 Å². The van der Waals surface area contributed by atoms with Crippen LogP contribution in [0.25, 0.3) is 17.1 Å². The van der Waals surface area contributed by atoms with Gasteiger partial charge in [-0.25, -0.2) is 4.98 Å². The molecule has 0 saturated heterocycles. The molecular formula is C21H22N7+. The van der Waals surface area contributed by atoms with E-state index in [-0.39, 0.29) is 0 Å². The Morgan fingerprint density at radius 2 is 2.00 bits per heavy atom. The van der Waals surface area contributed by atoms with Crippen molar-refractivity contribution in [2.24, 2.45) is 0 Å². The van der Waals surface area contributed by atoms with Crippen LogP contribution in [-0.2, 0) is 6.42 Å². The van der Waals surface area contributed by atoms with Crippen molar-refractivity contribution in [1.82, 2.24) is 24.3 Å². The number of benzene rings is 1. The zero-order valence-corrected chi connectivity index (χ0v) is 15.7. The highest BCUT2D eigenvalue weighted by Crippen LogP contribution is 2.37. The van der Waals surface area contributed by atoms with Crippen LogP contribution in [0.2, 0.25) is 0 Å². The first kappa shape index (κ1) is 16.7. The van der Waals surface area contributed by atoms with E-state index in [0.717, 1.165) is 34.9 Å². The molecule has 0 spiro atoms. The van der Waals surface area contributed by atoms with Gasteiger partial charge in [0.05, 0.1) is 23.4 Å². The van der Waals surface area contributed by atoms with Crippen molar-refractivity contribution in [2.45, 2.75) is 32.2 Å². The van der Waals surface area contributed by atoms with Gasteiger partial charge in [-0.1, -0.05) is 23.7 Å². The van der Waals surface area contributed by atoms with Crippen molar-refractivity contribution < 1.29 is 4.68 Å². The summed E-state index contributed by atoms with van der Waals surface area (Å²) in [6, 6.07) is 12.9. The largest absolute Gasteiger partial charge is 0.310 e. The predicted molar refractivity (Wildman–Crippen MR) is 106 cm³/mol. The Morgan fingerprint density at radius 1 is 1.14 bits per heavy atom. The molecule has 0 amide bonds. The van der Waals surface area contributed by atoms with Crippen LogP contribution in [0, 0.1) is 0 Å². The van der Waals surface area contributed by atoms with E-state index < -0.39 is 0 Å². The van der Waals surface area contributed by atoms with E-state index in [0.29, 0.717) is 6.04 Å². The van der Waals surface area contributed by atoms with E-state index in [1.54, 1.807) is 0 Å². The molecule has 1 fully saturated rings. The maximum Gasteiger partial charge on any atom is 0.201 e. The molecule has 140 valence electrons. The van der Waals surface area contributed by atoms with E-state index in [1.165, 1.54) is 12.8 Å². The Morgan fingerprint density at radius 3 is 2.75 bits per heavy atom. The number of aromatic nitrogens is 6. The van der Waals surface area contributed by atoms with Crippen LogP contribution in [-0.4, -0.2) is 24.3 Å². The number of rotatable bonds is 6. The Balaban J connectivity index is 1.35. The quantitative estimate of drug-likeness (QED) is 0.528. The Kier molecular flexibility index (Phi) is 4.12. The fourth-order valence-electron chi connectivity index (χ4n) is 3.30. The van der Waals surface area contributed by atoms with Gasteiger partial charge in [0, 0.05) is 29.9 Å². The molecule has 1 N–H and O–H groups in total. The number of nitrogens with one attached hydrogen (secondary N) is 1. The van der Waals surface area contributed by atoms with Crippen LogP contribution < -0.4 is 10.1 Å². The van der Waals surface area contributed by atoms with Gasteiger partial charge in [-0.05, 0) is 31.4 Å². The summed E-state index contributed by atoms with van der Waals surface area (Å²) in [7, 11) is 0. The molecule has 4 aromatic rings. The molecular weight excluding hydrogens is 350 g/mol. The number of pyridine rings is 1. The third kappa shape index (κ3) is 3.26. The third-order valence-electron chi connectivity index (χ3n) is 5.00. The Labute approximate surface area is 163 Å². The van der Waals surface area contributed by atoms with Crippen LogP contribution in [0.4, 0.5) is 5.69 Å². The zero-order valence-electron chi connectivity index (χ0n) is 15.7. The molecule has 0 unspecified atom stereocenters. The molecule has 3 aromatic heterocycles. The van der Waals surface area contributed by atoms with Crippen molar-refractivity contribution in [2.75, 3.05) is 5.43 Å². The lowest BCUT2D eigenvalue weighted by atomic mass is 10.2. The first-order chi connectivity index (χ1) is 13.8. The van der Waals surface area contributed by atoms with Crippen molar-refractivity contribution >= 4 is 5.69 Å². The second kappa shape index (κ2) is 6.92. The van der Waals surface area contributed by atoms with Crippen molar-refractivity contribution in [3.8, 4) is 17.1 Å². The molecule has 1 aliphatic carbocycles. The molecule has 7 heteroatoms. The van der Waals surface area contributed by atoms with Gasteiger partial charge in [-0.3, -0.25) is 0 Å². The van der Waals surface area contributed by atoms with Gasteiger partial charge >= 0.3 is 0 Å². The highest BCUT2D eigenvalue weighted by atomic mass is 15.4. The number of nitrogens with zero attached hydrogens (tertiary/aromatic N) is 6. The lowest BCUT2D eigenvalue weighted by Crippen LogP contribution is -2.41. The first-order valence-corrected chi connectivity index (χ1v) is 9.61. The molecule has 1 aliphatic rings. The third-order valence-corrected chi connectivity index (χ3v) is 5.00. The van der Waals surface area contributed by atoms with Gasteiger partial charge in [0.15, 0.2) is 5.82 Å². The second-order valence-corrected chi connectivity index (χ2v) is 7.08. The monoisotopic (exact) mass is 372 g/mol. The molecule has 0 aliphatic heterocycles. The minimum Gasteiger partial charge on any atom is -0.310 e. The van der Waals surface area contributed by atoms with Gasteiger partial charge in [0.25, 0.3) is 0 Å². The molecule has 1 saturated carbocycles. The van der Waals surface area contributed by atoms with E-state index >= 15 is 0 Å². The van der Waals surface area contributed by atoms with Gasteiger partial charge in [-0.15, -0.1) is 10.2 Å². The number of anilines is 1. The van der Waals surface area contributed by atoms with Crippen LogP contribution in [0.3, 0.4) is 0 Å². The Bertz CT molecular complexity index is 1090. The van der Waals surface area contributed by atoms with Crippen molar-refractivity contribution in [1.29, 1.82) is 0 Å². The standard InChI is InChI=1S/C21H22N7/c1-2-17-13-26(14-22-17)19-8-10-27(11-9-19)25-18-5-3-4-16(12-18)21-24-23-15-28(21)20-6-7-20/h3-5,8-15,20,25H,2,6-7H2,1H3/q+1. The number of imidazole rings is 1. The van der Waals surface area contributed by atoms with E-state index in [9.17, 15) is 0 Å².